The quantitative estimate of drug-likeness (QED) is 0.811. The molecule has 0 unspecified atom stereocenters. The maximum atomic E-state index is 12.7. The molecule has 0 aromatic carbocycles. The Kier molecular flexibility index (Phi) is 5.01. The van der Waals surface area contributed by atoms with E-state index in [9.17, 15) is 4.79 Å². The van der Waals surface area contributed by atoms with Crippen LogP contribution in [0.1, 0.15) is 23.3 Å². The lowest BCUT2D eigenvalue weighted by Gasteiger charge is -2.29. The van der Waals surface area contributed by atoms with Crippen LogP contribution in [0.4, 0.5) is 0 Å². The van der Waals surface area contributed by atoms with Crippen molar-refractivity contribution in [3.05, 3.63) is 30.1 Å². The summed E-state index contributed by atoms with van der Waals surface area (Å²) in [6.45, 7) is 5.96. The molecular formula is C19H26N2O4. The molecule has 25 heavy (non-hydrogen) atoms. The fraction of sp³-hybridized carbons (Fsp3) is 0.684. The van der Waals surface area contributed by atoms with Gasteiger partial charge >= 0.3 is 0 Å². The number of ether oxygens (including phenoxy) is 3. The highest BCUT2D eigenvalue weighted by Gasteiger charge is 2.52. The SMILES string of the molecule is O=C(c1ccccn1)N1C[C@@H]2COC[C@]2(COCC2CCOCC2)C1. The van der Waals surface area contributed by atoms with E-state index < -0.39 is 0 Å². The van der Waals surface area contributed by atoms with Crippen molar-refractivity contribution in [3.8, 4) is 0 Å². The van der Waals surface area contributed by atoms with Gasteiger partial charge in [0, 0.05) is 50.4 Å². The summed E-state index contributed by atoms with van der Waals surface area (Å²) in [5, 5.41) is 0. The fourth-order valence-corrected chi connectivity index (χ4v) is 4.18. The lowest BCUT2D eigenvalue weighted by molar-refractivity contribution is -0.0151. The van der Waals surface area contributed by atoms with Crippen LogP contribution >= 0.6 is 0 Å². The summed E-state index contributed by atoms with van der Waals surface area (Å²) in [5.74, 6) is 0.965. The molecule has 6 nitrogen and oxygen atoms in total. The van der Waals surface area contributed by atoms with Crippen molar-refractivity contribution in [2.75, 3.05) is 52.7 Å². The minimum atomic E-state index is -0.0599. The van der Waals surface area contributed by atoms with Crippen LogP contribution in [0, 0.1) is 17.3 Å². The molecule has 2 atom stereocenters. The summed E-state index contributed by atoms with van der Waals surface area (Å²) in [7, 11) is 0. The topological polar surface area (TPSA) is 60.9 Å². The van der Waals surface area contributed by atoms with Gasteiger partial charge in [-0.25, -0.2) is 0 Å². The first-order chi connectivity index (χ1) is 12.3. The minimum absolute atomic E-state index is 0.0128. The molecule has 1 amide bonds. The van der Waals surface area contributed by atoms with E-state index in [1.807, 2.05) is 17.0 Å². The van der Waals surface area contributed by atoms with E-state index in [-0.39, 0.29) is 11.3 Å². The highest BCUT2D eigenvalue weighted by Crippen LogP contribution is 2.42. The molecule has 136 valence electrons. The zero-order valence-electron chi connectivity index (χ0n) is 14.6. The Morgan fingerprint density at radius 1 is 1.32 bits per heavy atom. The van der Waals surface area contributed by atoms with E-state index in [0.29, 0.717) is 43.9 Å². The van der Waals surface area contributed by atoms with Gasteiger partial charge in [-0.05, 0) is 30.9 Å². The number of amides is 1. The van der Waals surface area contributed by atoms with Crippen LogP contribution in [0.5, 0.6) is 0 Å². The highest BCUT2D eigenvalue weighted by atomic mass is 16.5. The van der Waals surface area contributed by atoms with Crippen molar-refractivity contribution in [3.63, 3.8) is 0 Å². The van der Waals surface area contributed by atoms with Crippen molar-refractivity contribution < 1.29 is 19.0 Å². The number of carbonyl (C=O) groups excluding carboxylic acids is 1. The lowest BCUT2D eigenvalue weighted by Crippen LogP contribution is -2.38. The van der Waals surface area contributed by atoms with E-state index in [1.165, 1.54) is 0 Å². The zero-order chi connectivity index (χ0) is 17.1. The number of rotatable bonds is 5. The molecule has 0 radical (unpaired) electrons. The monoisotopic (exact) mass is 346 g/mol. The van der Waals surface area contributed by atoms with Gasteiger partial charge in [0.25, 0.3) is 5.91 Å². The first kappa shape index (κ1) is 16.9. The third kappa shape index (κ3) is 3.57. The number of carbonyl (C=O) groups is 1. The van der Waals surface area contributed by atoms with Gasteiger partial charge in [0.2, 0.25) is 0 Å². The molecule has 3 aliphatic heterocycles. The van der Waals surface area contributed by atoms with Crippen LogP contribution in [-0.4, -0.2) is 68.5 Å². The van der Waals surface area contributed by atoms with Gasteiger partial charge in [-0.3, -0.25) is 9.78 Å². The minimum Gasteiger partial charge on any atom is -0.381 e. The number of hydrogen-bond acceptors (Lipinski definition) is 5. The van der Waals surface area contributed by atoms with Gasteiger partial charge < -0.3 is 19.1 Å². The van der Waals surface area contributed by atoms with Gasteiger partial charge in [0.15, 0.2) is 0 Å². The second-order valence-electron chi connectivity index (χ2n) is 7.55. The maximum Gasteiger partial charge on any atom is 0.272 e. The summed E-state index contributed by atoms with van der Waals surface area (Å²) in [5.41, 5.74) is 0.456. The lowest BCUT2D eigenvalue weighted by atomic mass is 9.82. The van der Waals surface area contributed by atoms with E-state index in [0.717, 1.165) is 39.2 Å². The molecule has 1 aromatic rings. The van der Waals surface area contributed by atoms with E-state index in [4.69, 9.17) is 14.2 Å². The summed E-state index contributed by atoms with van der Waals surface area (Å²) in [6, 6.07) is 5.46. The van der Waals surface area contributed by atoms with Gasteiger partial charge in [-0.15, -0.1) is 0 Å². The second-order valence-corrected chi connectivity index (χ2v) is 7.55. The number of likely N-dealkylation sites (tertiary alicyclic amines) is 1. The zero-order valence-corrected chi connectivity index (χ0v) is 14.6. The summed E-state index contributed by atoms with van der Waals surface area (Å²) < 4.78 is 17.2. The standard InChI is InChI=1S/C19H26N2O4/c22-18(17-3-1-2-6-20-17)21-9-16-11-25-14-19(16,12-21)13-24-10-15-4-7-23-8-5-15/h1-3,6,15-16H,4-5,7-14H2/t16-,19-/m1/s1. The third-order valence-corrected chi connectivity index (χ3v) is 5.78. The Labute approximate surface area is 148 Å². The molecule has 0 aliphatic carbocycles. The number of nitrogens with zero attached hydrogens (tertiary/aromatic N) is 2. The molecule has 3 fully saturated rings. The summed E-state index contributed by atoms with van der Waals surface area (Å²) >= 11 is 0. The first-order valence-electron chi connectivity index (χ1n) is 9.20. The van der Waals surface area contributed by atoms with Crippen LogP contribution in [0.3, 0.4) is 0 Å². The summed E-state index contributed by atoms with van der Waals surface area (Å²) in [6.07, 6.45) is 3.83. The number of pyridine rings is 1. The average molecular weight is 346 g/mol. The van der Waals surface area contributed by atoms with Crippen molar-refractivity contribution in [1.29, 1.82) is 0 Å². The molecule has 0 saturated carbocycles. The predicted molar refractivity (Wildman–Crippen MR) is 91.2 cm³/mol. The number of hydrogen-bond donors (Lipinski definition) is 0. The first-order valence-corrected chi connectivity index (χ1v) is 9.20. The maximum absolute atomic E-state index is 12.7. The number of fused-ring (bicyclic) bond motifs is 1. The Balaban J connectivity index is 1.36. The third-order valence-electron chi connectivity index (χ3n) is 5.78. The molecule has 0 bridgehead atoms. The molecule has 0 N–H and O–H groups in total. The Hall–Kier alpha value is -1.50. The van der Waals surface area contributed by atoms with Gasteiger partial charge in [-0.2, -0.15) is 0 Å². The van der Waals surface area contributed by atoms with E-state index in [1.54, 1.807) is 12.3 Å². The van der Waals surface area contributed by atoms with Crippen LogP contribution < -0.4 is 0 Å². The molecular weight excluding hydrogens is 320 g/mol. The Bertz CT molecular complexity index is 590. The van der Waals surface area contributed by atoms with E-state index >= 15 is 0 Å². The molecule has 1 aromatic heterocycles. The van der Waals surface area contributed by atoms with Crippen LogP contribution in [0.2, 0.25) is 0 Å². The molecule has 4 rings (SSSR count). The highest BCUT2D eigenvalue weighted by molar-refractivity contribution is 5.92. The van der Waals surface area contributed by atoms with Crippen LogP contribution in [0.15, 0.2) is 24.4 Å². The van der Waals surface area contributed by atoms with Crippen molar-refractivity contribution in [1.82, 2.24) is 9.88 Å². The van der Waals surface area contributed by atoms with Crippen LogP contribution in [-0.2, 0) is 14.2 Å². The van der Waals surface area contributed by atoms with Crippen molar-refractivity contribution in [2.24, 2.45) is 17.3 Å². The van der Waals surface area contributed by atoms with Crippen molar-refractivity contribution >= 4 is 5.91 Å². The molecule has 0 spiro atoms. The van der Waals surface area contributed by atoms with Gasteiger partial charge in [0.1, 0.15) is 5.69 Å². The molecule has 6 heteroatoms. The van der Waals surface area contributed by atoms with Crippen molar-refractivity contribution in [2.45, 2.75) is 12.8 Å². The largest absolute Gasteiger partial charge is 0.381 e. The van der Waals surface area contributed by atoms with E-state index in [2.05, 4.69) is 4.98 Å². The normalized spacial score (nSPS) is 29.8. The van der Waals surface area contributed by atoms with Gasteiger partial charge in [-0.1, -0.05) is 6.07 Å². The Morgan fingerprint density at radius 3 is 3.00 bits per heavy atom. The van der Waals surface area contributed by atoms with Gasteiger partial charge in [0.05, 0.1) is 19.8 Å². The molecule has 4 heterocycles. The predicted octanol–water partition coefficient (Wildman–Crippen LogP) is 1.61. The number of aromatic nitrogens is 1. The summed E-state index contributed by atoms with van der Waals surface area (Å²) in [4.78, 5) is 18.8. The fourth-order valence-electron chi connectivity index (χ4n) is 4.18. The molecule has 3 aliphatic rings. The molecule has 3 saturated heterocycles. The van der Waals surface area contributed by atoms with Crippen LogP contribution in [0.25, 0.3) is 0 Å². The average Bonchev–Trinajstić information content (AvgIpc) is 3.20. The Morgan fingerprint density at radius 2 is 2.20 bits per heavy atom. The second kappa shape index (κ2) is 7.40. The smallest absolute Gasteiger partial charge is 0.272 e.